The Hall–Kier alpha value is -2.36. The van der Waals surface area contributed by atoms with Crippen LogP contribution in [0.3, 0.4) is 0 Å². The number of halogens is 4. The smallest absolute Gasteiger partial charge is 0.401 e. The molecule has 4 rings (SSSR count). The second kappa shape index (κ2) is 8.88. The van der Waals surface area contributed by atoms with Crippen molar-refractivity contribution in [2.45, 2.75) is 38.5 Å². The summed E-state index contributed by atoms with van der Waals surface area (Å²) < 4.78 is 38.5. The zero-order chi connectivity index (χ0) is 23.0. The summed E-state index contributed by atoms with van der Waals surface area (Å²) in [6.45, 7) is 3.94. The van der Waals surface area contributed by atoms with Gasteiger partial charge in [-0.3, -0.25) is 15.2 Å². The van der Waals surface area contributed by atoms with Crippen molar-refractivity contribution in [2.75, 3.05) is 31.1 Å². The van der Waals surface area contributed by atoms with Gasteiger partial charge in [0.25, 0.3) is 0 Å². The summed E-state index contributed by atoms with van der Waals surface area (Å²) >= 11 is 6.22. The van der Waals surface area contributed by atoms with E-state index in [1.807, 2.05) is 31.3 Å². The van der Waals surface area contributed by atoms with E-state index in [0.29, 0.717) is 5.02 Å². The van der Waals surface area contributed by atoms with E-state index in [1.165, 1.54) is 0 Å². The molecular formula is C22H25ClF3N5O. The second-order valence-electron chi connectivity index (χ2n) is 8.23. The van der Waals surface area contributed by atoms with Crippen LogP contribution in [0.2, 0.25) is 5.02 Å². The van der Waals surface area contributed by atoms with Crippen LogP contribution < -0.4 is 10.6 Å². The quantitative estimate of drug-likeness (QED) is 0.643. The van der Waals surface area contributed by atoms with Crippen LogP contribution in [0.25, 0.3) is 10.9 Å². The molecule has 1 aromatic heterocycles. The normalized spacial score (nSPS) is 19.1. The number of anilines is 1. The van der Waals surface area contributed by atoms with E-state index < -0.39 is 11.9 Å². The number of rotatable bonds is 4. The van der Waals surface area contributed by atoms with Gasteiger partial charge in [0, 0.05) is 47.5 Å². The molecule has 0 saturated carbocycles. The molecule has 0 amide bonds. The SMILES string of the molecule is Cc1cnc2ccc(Cl)cc2c1N1CCC(ON2CCC(C(=N)C(F)(F)F)=C(N)C2)CC1. The summed E-state index contributed by atoms with van der Waals surface area (Å²) in [6, 6.07) is 5.68. The van der Waals surface area contributed by atoms with Gasteiger partial charge in [0.2, 0.25) is 0 Å². The zero-order valence-electron chi connectivity index (χ0n) is 17.7. The molecule has 0 atom stereocenters. The molecule has 2 aliphatic heterocycles. The average molecular weight is 468 g/mol. The molecule has 1 saturated heterocycles. The molecule has 0 aliphatic carbocycles. The van der Waals surface area contributed by atoms with E-state index in [4.69, 9.17) is 27.6 Å². The van der Waals surface area contributed by atoms with Crippen LogP contribution in [-0.4, -0.2) is 54.2 Å². The molecule has 0 radical (unpaired) electrons. The van der Waals surface area contributed by atoms with Gasteiger partial charge >= 0.3 is 6.18 Å². The average Bonchev–Trinajstić information content (AvgIpc) is 2.73. The number of nitrogens with two attached hydrogens (primary N) is 1. The van der Waals surface area contributed by atoms with Gasteiger partial charge in [-0.05, 0) is 49.9 Å². The fourth-order valence-electron chi connectivity index (χ4n) is 4.37. The standard InChI is InChI=1S/C22H25ClF3N5O/c1-13-11-29-19-3-2-14(23)10-17(19)20(13)30-7-4-15(5-8-30)32-31-9-6-16(18(27)12-31)21(28)22(24,25)26/h2-3,10-11,15,28H,4-9,12,27H2,1H3. The van der Waals surface area contributed by atoms with E-state index in [2.05, 4.69) is 9.88 Å². The number of fused-ring (bicyclic) bond motifs is 1. The molecule has 0 bridgehead atoms. The first-order valence-corrected chi connectivity index (χ1v) is 10.9. The van der Waals surface area contributed by atoms with Crippen molar-refractivity contribution in [2.24, 2.45) is 5.73 Å². The van der Waals surface area contributed by atoms with Crippen molar-refractivity contribution in [1.82, 2.24) is 10.0 Å². The molecule has 6 nitrogen and oxygen atoms in total. The molecule has 1 fully saturated rings. The minimum absolute atomic E-state index is 0.0420. The molecule has 3 N–H and O–H groups in total. The Balaban J connectivity index is 1.39. The molecule has 32 heavy (non-hydrogen) atoms. The molecule has 0 spiro atoms. The van der Waals surface area contributed by atoms with Crippen LogP contribution in [0.15, 0.2) is 35.7 Å². The fourth-order valence-corrected chi connectivity index (χ4v) is 4.55. The summed E-state index contributed by atoms with van der Waals surface area (Å²) in [6.07, 6.45) is -1.27. The van der Waals surface area contributed by atoms with Gasteiger partial charge in [0.1, 0.15) is 5.71 Å². The first-order chi connectivity index (χ1) is 15.1. The molecule has 1 aromatic carbocycles. The monoisotopic (exact) mass is 467 g/mol. The van der Waals surface area contributed by atoms with Crippen molar-refractivity contribution in [3.63, 3.8) is 0 Å². The number of hydrogen-bond acceptors (Lipinski definition) is 6. The van der Waals surface area contributed by atoms with Gasteiger partial charge in [0.05, 0.1) is 23.9 Å². The number of aryl methyl sites for hydroxylation is 1. The van der Waals surface area contributed by atoms with Gasteiger partial charge in [-0.25, -0.2) is 0 Å². The maximum atomic E-state index is 12.8. The van der Waals surface area contributed by atoms with Crippen LogP contribution in [0.5, 0.6) is 0 Å². The Bertz CT molecular complexity index is 1060. The Morgan fingerprint density at radius 2 is 1.97 bits per heavy atom. The lowest BCUT2D eigenvalue weighted by Gasteiger charge is -2.38. The van der Waals surface area contributed by atoms with E-state index in [-0.39, 0.29) is 36.9 Å². The van der Waals surface area contributed by atoms with E-state index in [1.54, 1.807) is 5.06 Å². The highest BCUT2D eigenvalue weighted by atomic mass is 35.5. The third kappa shape index (κ3) is 4.69. The first kappa shape index (κ1) is 22.8. The third-order valence-corrected chi connectivity index (χ3v) is 6.21. The lowest BCUT2D eigenvalue weighted by molar-refractivity contribution is -0.199. The Kier molecular flexibility index (Phi) is 6.33. The van der Waals surface area contributed by atoms with Crippen LogP contribution in [0.1, 0.15) is 24.8 Å². The predicted molar refractivity (Wildman–Crippen MR) is 119 cm³/mol. The summed E-state index contributed by atoms with van der Waals surface area (Å²) in [7, 11) is 0. The number of nitrogens with one attached hydrogen (secondary N) is 1. The molecule has 172 valence electrons. The van der Waals surface area contributed by atoms with Crippen molar-refractivity contribution < 1.29 is 18.0 Å². The number of benzene rings is 1. The molecule has 10 heteroatoms. The van der Waals surface area contributed by atoms with Crippen LogP contribution in [0.4, 0.5) is 18.9 Å². The Morgan fingerprint density at radius 3 is 2.62 bits per heavy atom. The highest BCUT2D eigenvalue weighted by Crippen LogP contribution is 2.34. The summed E-state index contributed by atoms with van der Waals surface area (Å²) in [5.74, 6) is 0. The fraction of sp³-hybridized carbons (Fsp3) is 0.455. The first-order valence-electron chi connectivity index (χ1n) is 10.5. The van der Waals surface area contributed by atoms with E-state index in [9.17, 15) is 13.2 Å². The van der Waals surface area contributed by atoms with Crippen molar-refractivity contribution in [1.29, 1.82) is 5.41 Å². The third-order valence-electron chi connectivity index (χ3n) is 5.97. The van der Waals surface area contributed by atoms with E-state index >= 15 is 0 Å². The van der Waals surface area contributed by atoms with Gasteiger partial charge in [-0.15, -0.1) is 0 Å². The van der Waals surface area contributed by atoms with Crippen LogP contribution in [-0.2, 0) is 4.84 Å². The summed E-state index contributed by atoms with van der Waals surface area (Å²) in [5.41, 5.74) is 7.49. The topological polar surface area (TPSA) is 78.5 Å². The number of pyridine rings is 1. The van der Waals surface area contributed by atoms with Crippen LogP contribution in [0, 0.1) is 12.3 Å². The lowest BCUT2D eigenvalue weighted by atomic mass is 10.0. The molecule has 3 heterocycles. The molecule has 2 aliphatic rings. The largest absolute Gasteiger partial charge is 0.432 e. The van der Waals surface area contributed by atoms with Crippen molar-refractivity contribution in [3.8, 4) is 0 Å². The Morgan fingerprint density at radius 1 is 1.25 bits per heavy atom. The molecular weight excluding hydrogens is 443 g/mol. The van der Waals surface area contributed by atoms with Gasteiger partial charge < -0.3 is 10.6 Å². The molecule has 2 aromatic rings. The number of hydrogen-bond donors (Lipinski definition) is 2. The van der Waals surface area contributed by atoms with Crippen molar-refractivity contribution in [3.05, 3.63) is 46.3 Å². The summed E-state index contributed by atoms with van der Waals surface area (Å²) in [4.78, 5) is 12.8. The molecule has 0 unspecified atom stereocenters. The second-order valence-corrected chi connectivity index (χ2v) is 8.67. The highest BCUT2D eigenvalue weighted by Gasteiger charge is 2.39. The van der Waals surface area contributed by atoms with Crippen LogP contribution >= 0.6 is 11.6 Å². The number of piperidine rings is 1. The minimum Gasteiger partial charge on any atom is -0.401 e. The lowest BCUT2D eigenvalue weighted by Crippen LogP contribution is -2.44. The van der Waals surface area contributed by atoms with Gasteiger partial charge in [0.15, 0.2) is 0 Å². The minimum atomic E-state index is -4.69. The van der Waals surface area contributed by atoms with Gasteiger partial charge in [-0.2, -0.15) is 18.2 Å². The summed E-state index contributed by atoms with van der Waals surface area (Å²) in [5, 5.41) is 10.6. The number of aromatic nitrogens is 1. The van der Waals surface area contributed by atoms with E-state index in [0.717, 1.165) is 48.1 Å². The maximum Gasteiger partial charge on any atom is 0.432 e. The van der Waals surface area contributed by atoms with Gasteiger partial charge in [-0.1, -0.05) is 11.6 Å². The number of nitrogens with zero attached hydrogens (tertiary/aromatic N) is 3. The number of alkyl halides is 3. The zero-order valence-corrected chi connectivity index (χ0v) is 18.4. The predicted octanol–water partition coefficient (Wildman–Crippen LogP) is 4.60. The van der Waals surface area contributed by atoms with Crippen molar-refractivity contribution >= 4 is 33.9 Å². The highest BCUT2D eigenvalue weighted by molar-refractivity contribution is 6.31. The maximum absolute atomic E-state index is 12.8. The number of hydroxylamine groups is 2. The Labute approximate surface area is 189 Å².